The van der Waals surface area contributed by atoms with Crippen molar-refractivity contribution in [3.63, 3.8) is 0 Å². The van der Waals surface area contributed by atoms with Crippen LogP contribution < -0.4 is 5.32 Å². The van der Waals surface area contributed by atoms with Crippen LogP contribution in [0.3, 0.4) is 0 Å². The summed E-state index contributed by atoms with van der Waals surface area (Å²) in [5.74, 6) is -0.261. The van der Waals surface area contributed by atoms with Crippen molar-refractivity contribution in [2.24, 2.45) is 0 Å². The Labute approximate surface area is 90.0 Å². The molecule has 2 unspecified atom stereocenters. The maximum Gasteiger partial charge on any atom is 0.264 e. The third-order valence-electron chi connectivity index (χ3n) is 2.58. The van der Waals surface area contributed by atoms with Gasteiger partial charge < -0.3 is 10.4 Å². The van der Waals surface area contributed by atoms with Crippen molar-refractivity contribution < 1.29 is 18.1 Å². The van der Waals surface area contributed by atoms with E-state index in [0.29, 0.717) is 19.5 Å². The molecular weight excluding hydrogens is 220 g/mol. The number of rotatable bonds is 4. The Balaban J connectivity index is 2.50. The Kier molecular flexibility index (Phi) is 4.47. The first kappa shape index (κ1) is 12.9. The molecule has 0 radical (unpaired) electrons. The molecular formula is C8H18N2O4S. The molecule has 0 spiro atoms. The van der Waals surface area contributed by atoms with Gasteiger partial charge in [0.05, 0.1) is 5.75 Å². The van der Waals surface area contributed by atoms with Crippen molar-refractivity contribution in [2.45, 2.75) is 25.6 Å². The number of nitrogens with zero attached hydrogens (tertiary/aromatic N) is 1. The molecule has 0 aromatic carbocycles. The molecule has 15 heavy (non-hydrogen) atoms. The Hall–Kier alpha value is -0.210. The highest BCUT2D eigenvalue weighted by molar-refractivity contribution is 7.85. The van der Waals surface area contributed by atoms with Gasteiger partial charge in [-0.2, -0.15) is 8.42 Å². The first-order valence-electron chi connectivity index (χ1n) is 5.00. The molecule has 1 aliphatic heterocycles. The van der Waals surface area contributed by atoms with Crippen LogP contribution in [0.4, 0.5) is 0 Å². The molecule has 0 bridgehead atoms. The van der Waals surface area contributed by atoms with Gasteiger partial charge in [0, 0.05) is 25.7 Å². The van der Waals surface area contributed by atoms with Crippen LogP contribution in [0.1, 0.15) is 13.3 Å². The molecule has 1 rings (SSSR count). The van der Waals surface area contributed by atoms with E-state index in [-0.39, 0.29) is 11.8 Å². The second-order valence-electron chi connectivity index (χ2n) is 3.80. The second-order valence-corrected chi connectivity index (χ2v) is 5.37. The maximum atomic E-state index is 10.6. The van der Waals surface area contributed by atoms with Crippen LogP contribution in [0.25, 0.3) is 0 Å². The molecule has 1 saturated heterocycles. The summed E-state index contributed by atoms with van der Waals surface area (Å²) in [4.78, 5) is 1.84. The van der Waals surface area contributed by atoms with E-state index in [9.17, 15) is 13.5 Å². The Morgan fingerprint density at radius 2 is 2.27 bits per heavy atom. The Bertz CT molecular complexity index is 291. The zero-order chi connectivity index (χ0) is 11.5. The molecule has 1 aliphatic rings. The minimum Gasteiger partial charge on any atom is -0.379 e. The summed E-state index contributed by atoms with van der Waals surface area (Å²) in [6, 6.07) is -0.0410. The number of hydrogen-bond donors (Lipinski definition) is 3. The molecule has 0 saturated carbocycles. The molecule has 0 aromatic rings. The molecule has 0 amide bonds. The predicted molar refractivity (Wildman–Crippen MR) is 56.1 cm³/mol. The molecule has 6 nitrogen and oxygen atoms in total. The second kappa shape index (κ2) is 5.22. The fourth-order valence-electron chi connectivity index (χ4n) is 1.82. The van der Waals surface area contributed by atoms with Crippen LogP contribution >= 0.6 is 0 Å². The molecule has 90 valence electrons. The zero-order valence-electron chi connectivity index (χ0n) is 8.76. The zero-order valence-corrected chi connectivity index (χ0v) is 9.57. The molecule has 1 heterocycles. The van der Waals surface area contributed by atoms with Crippen molar-refractivity contribution in [1.82, 2.24) is 10.2 Å². The first-order chi connectivity index (χ1) is 6.90. The van der Waals surface area contributed by atoms with Gasteiger partial charge in [0.25, 0.3) is 10.1 Å². The van der Waals surface area contributed by atoms with E-state index in [1.54, 1.807) is 6.92 Å². The summed E-state index contributed by atoms with van der Waals surface area (Å²) in [6.07, 6.45) is -0.255. The number of aliphatic hydroxyl groups excluding tert-OH is 1. The van der Waals surface area contributed by atoms with Crippen molar-refractivity contribution in [1.29, 1.82) is 0 Å². The third-order valence-corrected chi connectivity index (χ3v) is 3.34. The summed E-state index contributed by atoms with van der Waals surface area (Å²) in [5.41, 5.74) is 0. The minimum absolute atomic E-state index is 0.0410. The van der Waals surface area contributed by atoms with Crippen LogP contribution in [0.5, 0.6) is 0 Å². The van der Waals surface area contributed by atoms with Gasteiger partial charge in [-0.25, -0.2) is 0 Å². The van der Waals surface area contributed by atoms with Gasteiger partial charge in [0.15, 0.2) is 0 Å². The van der Waals surface area contributed by atoms with Crippen molar-refractivity contribution >= 4 is 10.1 Å². The number of aliphatic hydroxyl groups is 1. The Morgan fingerprint density at radius 3 is 2.80 bits per heavy atom. The average molecular weight is 238 g/mol. The fraction of sp³-hybridized carbons (Fsp3) is 1.00. The summed E-state index contributed by atoms with van der Waals surface area (Å²) in [5, 5.41) is 12.6. The Morgan fingerprint density at radius 1 is 1.60 bits per heavy atom. The normalized spacial score (nSPS) is 26.5. The molecule has 3 N–H and O–H groups in total. The van der Waals surface area contributed by atoms with Gasteiger partial charge in [-0.3, -0.25) is 9.45 Å². The highest BCUT2D eigenvalue weighted by Gasteiger charge is 2.26. The van der Waals surface area contributed by atoms with Crippen molar-refractivity contribution in [2.75, 3.05) is 25.4 Å². The summed E-state index contributed by atoms with van der Waals surface area (Å²) >= 11 is 0. The van der Waals surface area contributed by atoms with Crippen molar-refractivity contribution in [3.8, 4) is 0 Å². The lowest BCUT2D eigenvalue weighted by atomic mass is 10.1. The molecule has 0 aromatic heterocycles. The highest BCUT2D eigenvalue weighted by Crippen LogP contribution is 2.11. The monoisotopic (exact) mass is 238 g/mol. The number of hydrogen-bond acceptors (Lipinski definition) is 5. The minimum atomic E-state index is -3.91. The average Bonchev–Trinajstić information content (AvgIpc) is 2.14. The van der Waals surface area contributed by atoms with Gasteiger partial charge in [-0.15, -0.1) is 0 Å². The van der Waals surface area contributed by atoms with E-state index < -0.39 is 16.3 Å². The van der Waals surface area contributed by atoms with Crippen molar-refractivity contribution in [3.05, 3.63) is 0 Å². The SMILES string of the molecule is CC(O)N1CCNCC1CCS(=O)(=O)O. The van der Waals surface area contributed by atoms with E-state index in [0.717, 1.165) is 6.54 Å². The fourth-order valence-corrected chi connectivity index (χ4v) is 2.39. The van der Waals surface area contributed by atoms with Gasteiger partial charge in [0.2, 0.25) is 0 Å². The van der Waals surface area contributed by atoms with Crippen LogP contribution in [0.15, 0.2) is 0 Å². The van der Waals surface area contributed by atoms with E-state index in [2.05, 4.69) is 5.32 Å². The summed E-state index contributed by atoms with van der Waals surface area (Å²) in [6.45, 7) is 3.77. The van der Waals surface area contributed by atoms with Gasteiger partial charge >= 0.3 is 0 Å². The van der Waals surface area contributed by atoms with E-state index in [4.69, 9.17) is 4.55 Å². The van der Waals surface area contributed by atoms with Crippen LogP contribution in [-0.4, -0.2) is 60.6 Å². The predicted octanol–water partition coefficient (Wildman–Crippen LogP) is -1.12. The summed E-state index contributed by atoms with van der Waals surface area (Å²) in [7, 11) is -3.91. The largest absolute Gasteiger partial charge is 0.379 e. The molecule has 1 fully saturated rings. The molecule has 2 atom stereocenters. The standard InChI is InChI=1S/C8H18N2O4S/c1-7(11)10-4-3-9-6-8(10)2-5-15(12,13)14/h7-9,11H,2-6H2,1H3,(H,12,13,14). The number of nitrogens with one attached hydrogen (secondary N) is 1. The quantitative estimate of drug-likeness (QED) is 0.537. The molecule has 7 heteroatoms. The van der Waals surface area contributed by atoms with E-state index >= 15 is 0 Å². The highest BCUT2D eigenvalue weighted by atomic mass is 32.2. The number of piperazine rings is 1. The maximum absolute atomic E-state index is 10.6. The third kappa shape index (κ3) is 4.43. The van der Waals surface area contributed by atoms with Gasteiger partial charge in [-0.1, -0.05) is 0 Å². The summed E-state index contributed by atoms with van der Waals surface area (Å²) < 4.78 is 29.9. The lowest BCUT2D eigenvalue weighted by Gasteiger charge is -2.37. The smallest absolute Gasteiger partial charge is 0.264 e. The van der Waals surface area contributed by atoms with Crippen LogP contribution in [-0.2, 0) is 10.1 Å². The van der Waals surface area contributed by atoms with Gasteiger partial charge in [-0.05, 0) is 13.3 Å². The molecule has 0 aliphatic carbocycles. The van der Waals surface area contributed by atoms with Gasteiger partial charge in [0.1, 0.15) is 6.23 Å². The van der Waals surface area contributed by atoms with E-state index in [1.807, 2.05) is 4.90 Å². The lowest BCUT2D eigenvalue weighted by molar-refractivity contribution is -0.0229. The topological polar surface area (TPSA) is 89.9 Å². The van der Waals surface area contributed by atoms with Crippen LogP contribution in [0.2, 0.25) is 0 Å². The first-order valence-corrected chi connectivity index (χ1v) is 6.61. The van der Waals surface area contributed by atoms with E-state index in [1.165, 1.54) is 0 Å². The lowest BCUT2D eigenvalue weighted by Crippen LogP contribution is -2.54. The van der Waals surface area contributed by atoms with Crippen LogP contribution in [0, 0.1) is 0 Å².